The summed E-state index contributed by atoms with van der Waals surface area (Å²) >= 11 is 0. The second kappa shape index (κ2) is 20.1. The Morgan fingerprint density at radius 3 is 0.974 bits per heavy atom. The molecule has 0 radical (unpaired) electrons. The zero-order chi connectivity index (χ0) is 28.9. The molecular formula is C39H48. The minimum Gasteiger partial charge on any atom is -0.0683 e. The molecule has 0 saturated carbocycles. The maximum Gasteiger partial charge on any atom is 0.0339 e. The van der Waals surface area contributed by atoms with Crippen LogP contribution in [-0.2, 0) is 0 Å². The smallest absolute Gasteiger partial charge is 0.0339 e. The summed E-state index contributed by atoms with van der Waals surface area (Å²) in [7, 11) is 0. The van der Waals surface area contributed by atoms with Gasteiger partial charge in [0.25, 0.3) is 0 Å². The van der Waals surface area contributed by atoms with Crippen LogP contribution < -0.4 is 0 Å². The summed E-state index contributed by atoms with van der Waals surface area (Å²) in [6.07, 6.45) is 0. The SMILES string of the molecule is CC.CC.CC.Cc1ccc(-c2ccccc2)cc1.Cc1ccc(C(c2ccccc2)c2ccccc2)cc1. The average Bonchev–Trinajstić information content (AvgIpc) is 3.03. The first kappa shape index (κ1) is 33.1. The van der Waals surface area contributed by atoms with Gasteiger partial charge in [-0.2, -0.15) is 0 Å². The van der Waals surface area contributed by atoms with Gasteiger partial charge < -0.3 is 0 Å². The summed E-state index contributed by atoms with van der Waals surface area (Å²) in [4.78, 5) is 0. The van der Waals surface area contributed by atoms with Crippen molar-refractivity contribution in [3.63, 3.8) is 0 Å². The van der Waals surface area contributed by atoms with Gasteiger partial charge in [0.2, 0.25) is 0 Å². The molecular weight excluding hydrogens is 468 g/mol. The van der Waals surface area contributed by atoms with E-state index in [0.29, 0.717) is 5.92 Å². The van der Waals surface area contributed by atoms with E-state index in [-0.39, 0.29) is 0 Å². The van der Waals surface area contributed by atoms with Crippen LogP contribution in [0.1, 0.15) is 75.3 Å². The molecule has 0 aliphatic carbocycles. The standard InChI is InChI=1S/C20H18.C13H12.3C2H6/c1-16-12-14-19(15-13-16)20(17-8-4-2-5-9-17)18-10-6-3-7-11-18;1-11-7-9-13(10-8-11)12-5-3-2-4-6-12;3*1-2/h2-15,20H,1H3;2-10H,1H3;3*1-2H3. The minimum absolute atomic E-state index is 0.304. The Balaban J connectivity index is 0.000000347. The van der Waals surface area contributed by atoms with Crippen LogP contribution in [0.5, 0.6) is 0 Å². The summed E-state index contributed by atoms with van der Waals surface area (Å²) in [6, 6.07) is 49.3. The van der Waals surface area contributed by atoms with Gasteiger partial charge in [-0.1, -0.05) is 192 Å². The number of rotatable bonds is 4. The Labute approximate surface area is 239 Å². The molecule has 0 aliphatic heterocycles. The highest BCUT2D eigenvalue weighted by molar-refractivity contribution is 5.63. The van der Waals surface area contributed by atoms with Crippen molar-refractivity contribution < 1.29 is 0 Å². The maximum absolute atomic E-state index is 2.24. The van der Waals surface area contributed by atoms with Crippen LogP contribution in [0.3, 0.4) is 0 Å². The summed E-state index contributed by atoms with van der Waals surface area (Å²) in [6.45, 7) is 16.2. The lowest BCUT2D eigenvalue weighted by molar-refractivity contribution is 0.976. The van der Waals surface area contributed by atoms with Gasteiger partial charge in [0.05, 0.1) is 0 Å². The number of hydrogen-bond acceptors (Lipinski definition) is 0. The summed E-state index contributed by atoms with van der Waals surface area (Å²) in [5.74, 6) is 0.304. The van der Waals surface area contributed by atoms with Crippen LogP contribution in [0.4, 0.5) is 0 Å². The predicted molar refractivity (Wildman–Crippen MR) is 176 cm³/mol. The lowest BCUT2D eigenvalue weighted by atomic mass is 9.85. The van der Waals surface area contributed by atoms with Crippen molar-refractivity contribution in [2.45, 2.75) is 61.3 Å². The van der Waals surface area contributed by atoms with E-state index in [1.807, 2.05) is 47.6 Å². The van der Waals surface area contributed by atoms with Gasteiger partial charge in [0.15, 0.2) is 0 Å². The van der Waals surface area contributed by atoms with Crippen molar-refractivity contribution in [3.8, 4) is 11.1 Å². The quantitative estimate of drug-likeness (QED) is 0.208. The zero-order valence-electron chi connectivity index (χ0n) is 25.4. The second-order valence-corrected chi connectivity index (χ2v) is 8.40. The highest BCUT2D eigenvalue weighted by atomic mass is 14.2. The van der Waals surface area contributed by atoms with Gasteiger partial charge in [-0.3, -0.25) is 0 Å². The van der Waals surface area contributed by atoms with Gasteiger partial charge in [-0.25, -0.2) is 0 Å². The fraction of sp³-hybridized carbons (Fsp3) is 0.231. The third kappa shape index (κ3) is 11.2. The van der Waals surface area contributed by atoms with Crippen LogP contribution in [-0.4, -0.2) is 0 Å². The monoisotopic (exact) mass is 516 g/mol. The Kier molecular flexibility index (Phi) is 17.1. The third-order valence-electron chi connectivity index (χ3n) is 5.84. The molecule has 0 amide bonds. The van der Waals surface area contributed by atoms with E-state index in [4.69, 9.17) is 0 Å². The van der Waals surface area contributed by atoms with E-state index < -0.39 is 0 Å². The third-order valence-corrected chi connectivity index (χ3v) is 5.84. The molecule has 39 heavy (non-hydrogen) atoms. The highest BCUT2D eigenvalue weighted by Crippen LogP contribution is 2.31. The molecule has 0 aromatic heterocycles. The van der Waals surface area contributed by atoms with Crippen LogP contribution in [0.15, 0.2) is 140 Å². The number of hydrogen-bond donors (Lipinski definition) is 0. The van der Waals surface area contributed by atoms with E-state index in [0.717, 1.165) is 0 Å². The van der Waals surface area contributed by atoms with Gasteiger partial charge in [0, 0.05) is 5.92 Å². The Morgan fingerprint density at radius 2 is 0.590 bits per heavy atom. The van der Waals surface area contributed by atoms with Crippen LogP contribution in [0.25, 0.3) is 11.1 Å². The minimum atomic E-state index is 0.304. The Morgan fingerprint density at radius 1 is 0.308 bits per heavy atom. The molecule has 204 valence electrons. The lowest BCUT2D eigenvalue weighted by Gasteiger charge is -2.19. The molecule has 0 nitrogen and oxygen atoms in total. The number of aryl methyl sites for hydroxylation is 2. The fourth-order valence-electron chi connectivity index (χ4n) is 4.00. The first-order valence-electron chi connectivity index (χ1n) is 14.5. The topological polar surface area (TPSA) is 0 Å². The Bertz CT molecular complexity index is 1180. The molecule has 5 aromatic rings. The van der Waals surface area contributed by atoms with Gasteiger partial charge >= 0.3 is 0 Å². The molecule has 0 spiro atoms. The molecule has 0 atom stereocenters. The van der Waals surface area contributed by atoms with E-state index in [1.165, 1.54) is 38.9 Å². The molecule has 0 heteroatoms. The van der Waals surface area contributed by atoms with E-state index in [2.05, 4.69) is 147 Å². The van der Waals surface area contributed by atoms with Crippen molar-refractivity contribution in [3.05, 3.63) is 167 Å². The van der Waals surface area contributed by atoms with E-state index in [9.17, 15) is 0 Å². The maximum atomic E-state index is 2.24. The van der Waals surface area contributed by atoms with Crippen molar-refractivity contribution in [1.29, 1.82) is 0 Å². The van der Waals surface area contributed by atoms with Crippen molar-refractivity contribution in [1.82, 2.24) is 0 Å². The van der Waals surface area contributed by atoms with Crippen molar-refractivity contribution in [2.75, 3.05) is 0 Å². The first-order chi connectivity index (χ1) is 19.2. The summed E-state index contributed by atoms with van der Waals surface area (Å²) in [5.41, 5.74) is 9.18. The normalized spacial score (nSPS) is 9.26. The van der Waals surface area contributed by atoms with Crippen LogP contribution in [0.2, 0.25) is 0 Å². The first-order valence-corrected chi connectivity index (χ1v) is 14.5. The number of benzene rings is 5. The molecule has 0 heterocycles. The highest BCUT2D eigenvalue weighted by Gasteiger charge is 2.15. The second-order valence-electron chi connectivity index (χ2n) is 8.40. The lowest BCUT2D eigenvalue weighted by Crippen LogP contribution is -2.03. The molecule has 0 N–H and O–H groups in total. The van der Waals surface area contributed by atoms with Crippen LogP contribution in [0, 0.1) is 13.8 Å². The van der Waals surface area contributed by atoms with Gasteiger partial charge in [-0.05, 0) is 41.7 Å². The molecule has 5 aromatic carbocycles. The van der Waals surface area contributed by atoms with E-state index in [1.54, 1.807) is 0 Å². The van der Waals surface area contributed by atoms with E-state index >= 15 is 0 Å². The molecule has 0 aliphatic rings. The molecule has 0 saturated heterocycles. The molecule has 0 fully saturated rings. The van der Waals surface area contributed by atoms with Gasteiger partial charge in [-0.15, -0.1) is 0 Å². The van der Waals surface area contributed by atoms with Crippen molar-refractivity contribution >= 4 is 0 Å². The predicted octanol–water partition coefficient (Wildman–Crippen LogP) is 11.9. The largest absolute Gasteiger partial charge is 0.0683 e. The molecule has 0 bridgehead atoms. The molecule has 0 unspecified atom stereocenters. The summed E-state index contributed by atoms with van der Waals surface area (Å²) < 4.78 is 0. The van der Waals surface area contributed by atoms with Gasteiger partial charge in [0.1, 0.15) is 0 Å². The Hall–Kier alpha value is -3.90. The summed E-state index contributed by atoms with van der Waals surface area (Å²) in [5, 5.41) is 0. The fourth-order valence-corrected chi connectivity index (χ4v) is 4.00. The van der Waals surface area contributed by atoms with Crippen LogP contribution >= 0.6 is 0 Å². The zero-order valence-corrected chi connectivity index (χ0v) is 25.4. The average molecular weight is 517 g/mol. The molecule has 5 rings (SSSR count). The van der Waals surface area contributed by atoms with Crippen molar-refractivity contribution in [2.24, 2.45) is 0 Å².